The van der Waals surface area contributed by atoms with E-state index in [1.165, 1.54) is 25.7 Å². The van der Waals surface area contributed by atoms with Crippen molar-refractivity contribution >= 4 is 23.1 Å². The second-order valence-electron chi connectivity index (χ2n) is 6.16. The molecular formula is C14H24N2OS. The number of fused-ring (bicyclic) bond motifs is 2. The highest BCUT2D eigenvalue weighted by atomic mass is 32.1. The number of thiocarbonyl (C=S) groups is 1. The molecule has 2 aliphatic rings. The van der Waals surface area contributed by atoms with Crippen LogP contribution >= 0.6 is 12.2 Å². The number of hydrogen-bond acceptors (Lipinski definition) is 2. The lowest BCUT2D eigenvalue weighted by Crippen LogP contribution is -2.38. The summed E-state index contributed by atoms with van der Waals surface area (Å²) in [7, 11) is 1.87. The molecule has 1 amide bonds. The molecule has 2 saturated carbocycles. The topological polar surface area (TPSA) is 46.3 Å². The van der Waals surface area contributed by atoms with Crippen LogP contribution in [0.5, 0.6) is 0 Å². The lowest BCUT2D eigenvalue weighted by Gasteiger charge is -2.28. The molecule has 4 unspecified atom stereocenters. The normalized spacial score (nSPS) is 31.3. The van der Waals surface area contributed by atoms with E-state index in [1.807, 2.05) is 18.9 Å². The summed E-state index contributed by atoms with van der Waals surface area (Å²) < 4.78 is 0. The molecule has 3 nitrogen and oxygen atoms in total. The zero-order valence-electron chi connectivity index (χ0n) is 11.4. The molecule has 2 rings (SSSR count). The van der Waals surface area contributed by atoms with Crippen LogP contribution in [0.3, 0.4) is 0 Å². The van der Waals surface area contributed by atoms with Gasteiger partial charge in [0.1, 0.15) is 0 Å². The van der Waals surface area contributed by atoms with Gasteiger partial charge in [0.05, 0.1) is 4.99 Å². The van der Waals surface area contributed by atoms with Gasteiger partial charge in [0.2, 0.25) is 5.91 Å². The highest BCUT2D eigenvalue weighted by Gasteiger charge is 2.40. The summed E-state index contributed by atoms with van der Waals surface area (Å²) in [5.41, 5.74) is 5.54. The van der Waals surface area contributed by atoms with Gasteiger partial charge < -0.3 is 10.6 Å². The summed E-state index contributed by atoms with van der Waals surface area (Å²) in [5, 5.41) is 0. The maximum Gasteiger partial charge on any atom is 0.222 e. The first-order valence-electron chi connectivity index (χ1n) is 7.01. The molecule has 2 fully saturated rings. The average Bonchev–Trinajstić information content (AvgIpc) is 2.88. The van der Waals surface area contributed by atoms with Gasteiger partial charge in [-0.05, 0) is 43.9 Å². The van der Waals surface area contributed by atoms with Crippen LogP contribution in [-0.4, -0.2) is 28.9 Å². The summed E-state index contributed by atoms with van der Waals surface area (Å²) in [4.78, 5) is 14.6. The highest BCUT2D eigenvalue weighted by molar-refractivity contribution is 7.80. The maximum absolute atomic E-state index is 12.2. The molecule has 0 aromatic heterocycles. The Bertz CT molecular complexity index is 345. The number of carbonyl (C=O) groups excluding carboxylic acids is 1. The molecule has 0 heterocycles. The summed E-state index contributed by atoms with van der Waals surface area (Å²) in [6.45, 7) is 2.01. The van der Waals surface area contributed by atoms with Crippen LogP contribution in [0.25, 0.3) is 0 Å². The first-order valence-corrected chi connectivity index (χ1v) is 7.42. The summed E-state index contributed by atoms with van der Waals surface area (Å²) in [6, 6.07) is 0.119. The van der Waals surface area contributed by atoms with Gasteiger partial charge in [0.15, 0.2) is 0 Å². The van der Waals surface area contributed by atoms with E-state index in [1.54, 1.807) is 0 Å². The smallest absolute Gasteiger partial charge is 0.222 e. The van der Waals surface area contributed by atoms with Gasteiger partial charge in [-0.3, -0.25) is 4.79 Å². The van der Waals surface area contributed by atoms with Crippen LogP contribution in [-0.2, 0) is 4.79 Å². The second kappa shape index (κ2) is 5.55. The van der Waals surface area contributed by atoms with Crippen molar-refractivity contribution in [2.75, 3.05) is 7.05 Å². The fourth-order valence-electron chi connectivity index (χ4n) is 3.67. The van der Waals surface area contributed by atoms with Crippen molar-refractivity contribution in [3.05, 3.63) is 0 Å². The SMILES string of the molecule is CC(CC(N)=S)N(C)C(=O)CC1CC2CCC1C2. The monoisotopic (exact) mass is 268 g/mol. The molecule has 2 bridgehead atoms. The average molecular weight is 268 g/mol. The Hall–Kier alpha value is -0.640. The predicted molar refractivity (Wildman–Crippen MR) is 77.2 cm³/mol. The van der Waals surface area contributed by atoms with Crippen molar-refractivity contribution in [3.63, 3.8) is 0 Å². The van der Waals surface area contributed by atoms with Gasteiger partial charge in [0, 0.05) is 25.9 Å². The number of nitrogens with two attached hydrogens (primary N) is 1. The fourth-order valence-corrected chi connectivity index (χ4v) is 3.91. The first-order chi connectivity index (χ1) is 8.47. The minimum absolute atomic E-state index is 0.119. The van der Waals surface area contributed by atoms with E-state index >= 15 is 0 Å². The van der Waals surface area contributed by atoms with Crippen LogP contribution in [0.4, 0.5) is 0 Å². The van der Waals surface area contributed by atoms with Gasteiger partial charge in [0.25, 0.3) is 0 Å². The molecule has 18 heavy (non-hydrogen) atoms. The Balaban J connectivity index is 1.82. The molecule has 0 aromatic carbocycles. The number of amides is 1. The van der Waals surface area contributed by atoms with E-state index in [2.05, 4.69) is 0 Å². The number of nitrogens with zero attached hydrogens (tertiary/aromatic N) is 1. The van der Waals surface area contributed by atoms with E-state index < -0.39 is 0 Å². The Morgan fingerprint density at radius 3 is 2.67 bits per heavy atom. The van der Waals surface area contributed by atoms with Gasteiger partial charge >= 0.3 is 0 Å². The lowest BCUT2D eigenvalue weighted by molar-refractivity contribution is -0.132. The number of rotatable bonds is 5. The quantitative estimate of drug-likeness (QED) is 0.779. The zero-order valence-corrected chi connectivity index (χ0v) is 12.2. The van der Waals surface area contributed by atoms with Gasteiger partial charge in [-0.1, -0.05) is 18.6 Å². The third kappa shape index (κ3) is 3.02. The molecule has 0 spiro atoms. The van der Waals surface area contributed by atoms with Crippen molar-refractivity contribution in [1.29, 1.82) is 0 Å². The molecule has 4 heteroatoms. The minimum atomic E-state index is 0.119. The van der Waals surface area contributed by atoms with Gasteiger partial charge in [-0.25, -0.2) is 0 Å². The van der Waals surface area contributed by atoms with Crippen molar-refractivity contribution < 1.29 is 4.79 Å². The third-order valence-corrected chi connectivity index (χ3v) is 5.04. The fraction of sp³-hybridized carbons (Fsp3) is 0.857. The first kappa shape index (κ1) is 13.8. The van der Waals surface area contributed by atoms with Crippen molar-refractivity contribution in [2.24, 2.45) is 23.5 Å². The molecule has 0 radical (unpaired) electrons. The van der Waals surface area contributed by atoms with Crippen LogP contribution < -0.4 is 5.73 Å². The minimum Gasteiger partial charge on any atom is -0.393 e. The highest BCUT2D eigenvalue weighted by Crippen LogP contribution is 2.49. The van der Waals surface area contributed by atoms with Crippen molar-refractivity contribution in [1.82, 2.24) is 4.90 Å². The summed E-state index contributed by atoms with van der Waals surface area (Å²) in [5.74, 6) is 2.62. The standard InChI is InChI=1S/C14H24N2OS/c1-9(5-13(15)18)16(2)14(17)8-12-7-10-3-4-11(12)6-10/h9-12H,3-8H2,1-2H3,(H2,15,18). The Labute approximate surface area is 115 Å². The number of hydrogen-bond donors (Lipinski definition) is 1. The van der Waals surface area contributed by atoms with Crippen LogP contribution in [0, 0.1) is 17.8 Å². The molecule has 0 aromatic rings. The summed E-state index contributed by atoms with van der Waals surface area (Å²) in [6.07, 6.45) is 6.71. The zero-order chi connectivity index (χ0) is 13.3. The molecule has 2 N–H and O–H groups in total. The van der Waals surface area contributed by atoms with Gasteiger partial charge in [-0.15, -0.1) is 0 Å². The molecule has 4 atom stereocenters. The van der Waals surface area contributed by atoms with Gasteiger partial charge in [-0.2, -0.15) is 0 Å². The van der Waals surface area contributed by atoms with E-state index in [4.69, 9.17) is 18.0 Å². The van der Waals surface area contributed by atoms with E-state index in [0.717, 1.165) is 18.3 Å². The Morgan fingerprint density at radius 2 is 2.17 bits per heavy atom. The lowest BCUT2D eigenvalue weighted by atomic mass is 9.86. The molecule has 0 aliphatic heterocycles. The molecule has 102 valence electrons. The van der Waals surface area contributed by atoms with Crippen molar-refractivity contribution in [3.8, 4) is 0 Å². The van der Waals surface area contributed by atoms with Crippen LogP contribution in [0.1, 0.15) is 45.4 Å². The summed E-state index contributed by atoms with van der Waals surface area (Å²) >= 11 is 4.90. The van der Waals surface area contributed by atoms with E-state index in [9.17, 15) is 4.79 Å². The largest absolute Gasteiger partial charge is 0.393 e. The predicted octanol–water partition coefficient (Wildman–Crippen LogP) is 2.34. The Morgan fingerprint density at radius 1 is 1.44 bits per heavy atom. The Kier molecular flexibility index (Phi) is 4.25. The van der Waals surface area contributed by atoms with Crippen LogP contribution in [0.15, 0.2) is 0 Å². The maximum atomic E-state index is 12.2. The van der Waals surface area contributed by atoms with E-state index in [-0.39, 0.29) is 11.9 Å². The van der Waals surface area contributed by atoms with E-state index in [0.29, 0.717) is 17.3 Å². The molecule has 2 aliphatic carbocycles. The van der Waals surface area contributed by atoms with Crippen molar-refractivity contribution in [2.45, 2.75) is 51.5 Å². The molecule has 0 saturated heterocycles. The molecular weight excluding hydrogens is 244 g/mol. The van der Waals surface area contributed by atoms with Crippen LogP contribution in [0.2, 0.25) is 0 Å². The number of carbonyl (C=O) groups is 1. The third-order valence-electron chi connectivity index (χ3n) is 4.87. The second-order valence-corrected chi connectivity index (χ2v) is 6.69.